The lowest BCUT2D eigenvalue weighted by atomic mass is 10.0. The van der Waals surface area contributed by atoms with Gasteiger partial charge in [0, 0.05) is 6.04 Å². The predicted molar refractivity (Wildman–Crippen MR) is 65.6 cm³/mol. The van der Waals surface area contributed by atoms with E-state index in [0.29, 0.717) is 6.42 Å². The first kappa shape index (κ1) is 14.0. The zero-order valence-electron chi connectivity index (χ0n) is 10.7. The molecule has 1 amide bonds. The first-order valence-corrected chi connectivity index (χ1v) is 6.63. The smallest absolute Gasteiger partial charge is 0.307 e. The molecule has 0 aliphatic heterocycles. The van der Waals surface area contributed by atoms with Crippen molar-refractivity contribution in [2.24, 2.45) is 11.8 Å². The van der Waals surface area contributed by atoms with Gasteiger partial charge in [0.15, 0.2) is 0 Å². The number of rotatable bonds is 8. The third-order valence-corrected chi connectivity index (χ3v) is 3.33. The van der Waals surface area contributed by atoms with Crippen molar-refractivity contribution in [1.82, 2.24) is 5.32 Å². The first-order valence-electron chi connectivity index (χ1n) is 6.63. The van der Waals surface area contributed by atoms with Crippen LogP contribution < -0.4 is 5.32 Å². The molecule has 1 aliphatic rings. The minimum atomic E-state index is -0.842. The number of carbonyl (C=O) groups excluding carboxylic acids is 1. The van der Waals surface area contributed by atoms with Crippen LogP contribution in [0.15, 0.2) is 0 Å². The molecule has 0 aromatic heterocycles. The maximum Gasteiger partial charge on any atom is 0.307 e. The zero-order valence-corrected chi connectivity index (χ0v) is 10.7. The van der Waals surface area contributed by atoms with Crippen LogP contribution >= 0.6 is 0 Å². The van der Waals surface area contributed by atoms with Gasteiger partial charge in [-0.2, -0.15) is 0 Å². The summed E-state index contributed by atoms with van der Waals surface area (Å²) in [5, 5.41) is 11.8. The van der Waals surface area contributed by atoms with Gasteiger partial charge < -0.3 is 10.4 Å². The summed E-state index contributed by atoms with van der Waals surface area (Å²) in [5.41, 5.74) is 0. The van der Waals surface area contributed by atoms with Crippen LogP contribution in [0.25, 0.3) is 0 Å². The van der Waals surface area contributed by atoms with Crippen LogP contribution in [-0.4, -0.2) is 23.0 Å². The van der Waals surface area contributed by atoms with Crippen molar-refractivity contribution in [1.29, 1.82) is 0 Å². The normalized spacial score (nSPS) is 24.1. The van der Waals surface area contributed by atoms with E-state index in [2.05, 4.69) is 19.2 Å². The van der Waals surface area contributed by atoms with E-state index in [1.165, 1.54) is 0 Å². The fourth-order valence-electron chi connectivity index (χ4n) is 2.15. The molecule has 0 bridgehead atoms. The second-order valence-electron chi connectivity index (χ2n) is 4.92. The average Bonchev–Trinajstić information content (AvgIpc) is 3.06. The molecule has 0 saturated heterocycles. The number of carboxylic acids is 1. The van der Waals surface area contributed by atoms with E-state index in [1.54, 1.807) is 0 Å². The minimum Gasteiger partial charge on any atom is -0.481 e. The molecular formula is C13H23NO3. The summed E-state index contributed by atoms with van der Waals surface area (Å²) >= 11 is 0. The van der Waals surface area contributed by atoms with Crippen molar-refractivity contribution in [2.75, 3.05) is 0 Å². The maximum atomic E-state index is 11.8. The lowest BCUT2D eigenvalue weighted by Crippen LogP contribution is -2.36. The van der Waals surface area contributed by atoms with Gasteiger partial charge >= 0.3 is 5.97 Å². The van der Waals surface area contributed by atoms with Gasteiger partial charge in [0.2, 0.25) is 5.91 Å². The second-order valence-corrected chi connectivity index (χ2v) is 4.92. The number of aliphatic carboxylic acids is 1. The predicted octanol–water partition coefficient (Wildman–Crippen LogP) is 2.18. The Bertz CT molecular complexity index is 278. The molecule has 0 spiro atoms. The van der Waals surface area contributed by atoms with Crippen molar-refractivity contribution in [3.8, 4) is 0 Å². The molecule has 4 heteroatoms. The molecule has 98 valence electrons. The van der Waals surface area contributed by atoms with Gasteiger partial charge in [-0.1, -0.05) is 33.1 Å². The fourth-order valence-corrected chi connectivity index (χ4v) is 2.15. The van der Waals surface area contributed by atoms with E-state index >= 15 is 0 Å². The average molecular weight is 241 g/mol. The number of amides is 1. The molecule has 0 radical (unpaired) electrons. The molecule has 1 aliphatic carbocycles. The molecule has 1 fully saturated rings. The Morgan fingerprint density at radius 1 is 1.24 bits per heavy atom. The number of unbranched alkanes of at least 4 members (excludes halogenated alkanes) is 1. The number of carboxylic acid groups (broad SMARTS) is 1. The molecule has 2 N–H and O–H groups in total. The highest BCUT2D eigenvalue weighted by Crippen LogP contribution is 2.38. The van der Waals surface area contributed by atoms with Gasteiger partial charge in [-0.05, 0) is 19.3 Å². The molecule has 1 unspecified atom stereocenters. The molecule has 1 rings (SSSR count). The number of carbonyl (C=O) groups is 2. The third-order valence-electron chi connectivity index (χ3n) is 3.33. The van der Waals surface area contributed by atoms with E-state index < -0.39 is 11.9 Å². The first-order chi connectivity index (χ1) is 8.10. The van der Waals surface area contributed by atoms with Gasteiger partial charge in [-0.15, -0.1) is 0 Å². The van der Waals surface area contributed by atoms with Crippen LogP contribution in [0.2, 0.25) is 0 Å². The van der Waals surface area contributed by atoms with Gasteiger partial charge in [-0.3, -0.25) is 9.59 Å². The summed E-state index contributed by atoms with van der Waals surface area (Å²) in [6.07, 6.45) is 5.77. The summed E-state index contributed by atoms with van der Waals surface area (Å²) in [6.45, 7) is 4.23. The lowest BCUT2D eigenvalue weighted by molar-refractivity contribution is -0.140. The highest BCUT2D eigenvalue weighted by Gasteiger charge is 2.48. The summed E-state index contributed by atoms with van der Waals surface area (Å²) in [5.74, 6) is -1.63. The van der Waals surface area contributed by atoms with Crippen molar-refractivity contribution in [3.05, 3.63) is 0 Å². The molecule has 3 atom stereocenters. The largest absolute Gasteiger partial charge is 0.481 e. The van der Waals surface area contributed by atoms with Crippen LogP contribution in [0.4, 0.5) is 0 Å². The molecule has 17 heavy (non-hydrogen) atoms. The van der Waals surface area contributed by atoms with Crippen LogP contribution in [0.3, 0.4) is 0 Å². The van der Waals surface area contributed by atoms with Gasteiger partial charge in [0.05, 0.1) is 11.8 Å². The Hall–Kier alpha value is -1.06. The van der Waals surface area contributed by atoms with Gasteiger partial charge in [0.1, 0.15) is 0 Å². The van der Waals surface area contributed by atoms with E-state index in [-0.39, 0.29) is 17.9 Å². The van der Waals surface area contributed by atoms with Crippen molar-refractivity contribution >= 4 is 11.9 Å². The standard InChI is InChI=1S/C13H23NO3/c1-3-5-7-9(6-4-2)14-12(15)10-8-11(10)13(16)17/h9-11H,3-8H2,1-2H3,(H,14,15)(H,16,17)/t9?,10-,11+/m1/s1. The maximum absolute atomic E-state index is 11.8. The quantitative estimate of drug-likeness (QED) is 0.684. The Labute approximate surface area is 103 Å². The van der Waals surface area contributed by atoms with Crippen molar-refractivity contribution in [3.63, 3.8) is 0 Å². The van der Waals surface area contributed by atoms with E-state index in [9.17, 15) is 9.59 Å². The summed E-state index contributed by atoms with van der Waals surface area (Å²) in [7, 11) is 0. The SMILES string of the molecule is CCCCC(CCC)NC(=O)[C@@H]1C[C@@H]1C(=O)O. The number of hydrogen-bond donors (Lipinski definition) is 2. The van der Waals surface area contributed by atoms with Crippen LogP contribution in [0.1, 0.15) is 52.4 Å². The molecule has 0 aromatic carbocycles. The van der Waals surface area contributed by atoms with Crippen molar-refractivity contribution in [2.45, 2.75) is 58.4 Å². The van der Waals surface area contributed by atoms with Gasteiger partial charge in [0.25, 0.3) is 0 Å². The highest BCUT2D eigenvalue weighted by atomic mass is 16.4. The Morgan fingerprint density at radius 2 is 1.94 bits per heavy atom. The molecular weight excluding hydrogens is 218 g/mol. The Morgan fingerprint density at radius 3 is 2.41 bits per heavy atom. The van der Waals surface area contributed by atoms with Crippen molar-refractivity contribution < 1.29 is 14.7 Å². The van der Waals surface area contributed by atoms with Crippen LogP contribution in [-0.2, 0) is 9.59 Å². The molecule has 1 saturated carbocycles. The van der Waals surface area contributed by atoms with E-state index in [4.69, 9.17) is 5.11 Å². The lowest BCUT2D eigenvalue weighted by Gasteiger charge is -2.17. The fraction of sp³-hybridized carbons (Fsp3) is 0.846. The molecule has 0 heterocycles. The molecule has 4 nitrogen and oxygen atoms in total. The summed E-state index contributed by atoms with van der Waals surface area (Å²) in [4.78, 5) is 22.5. The Balaban J connectivity index is 2.34. The third kappa shape index (κ3) is 4.36. The zero-order chi connectivity index (χ0) is 12.8. The monoisotopic (exact) mass is 241 g/mol. The van der Waals surface area contributed by atoms with E-state index in [1.807, 2.05) is 0 Å². The summed E-state index contributed by atoms with van der Waals surface area (Å²) < 4.78 is 0. The van der Waals surface area contributed by atoms with Crippen LogP contribution in [0.5, 0.6) is 0 Å². The number of hydrogen-bond acceptors (Lipinski definition) is 2. The van der Waals surface area contributed by atoms with Gasteiger partial charge in [-0.25, -0.2) is 0 Å². The van der Waals surface area contributed by atoms with E-state index in [0.717, 1.165) is 32.1 Å². The topological polar surface area (TPSA) is 66.4 Å². The Kier molecular flexibility index (Phi) is 5.45. The second kappa shape index (κ2) is 6.62. The minimum absolute atomic E-state index is 0.0630. The number of nitrogens with one attached hydrogen (secondary N) is 1. The van der Waals surface area contributed by atoms with Crippen LogP contribution in [0, 0.1) is 11.8 Å². The highest BCUT2D eigenvalue weighted by molar-refractivity contribution is 5.89. The summed E-state index contributed by atoms with van der Waals surface area (Å²) in [6, 6.07) is 0.225. The molecule has 0 aromatic rings.